The average molecular weight is 277 g/mol. The Morgan fingerprint density at radius 2 is 2.18 bits per heavy atom. The van der Waals surface area contributed by atoms with E-state index in [1.54, 1.807) is 11.3 Å². The van der Waals surface area contributed by atoms with Crippen molar-refractivity contribution in [3.8, 4) is 0 Å². The Labute approximate surface area is 107 Å². The van der Waals surface area contributed by atoms with Crippen molar-refractivity contribution >= 4 is 21.4 Å². The van der Waals surface area contributed by atoms with Crippen LogP contribution < -0.4 is 10.0 Å². The van der Waals surface area contributed by atoms with Gasteiger partial charge in [0.15, 0.2) is 0 Å². The standard InChI is InChI=1S/C10H19N3O2S2/c1-8(10-7-16-9(2)13-10)11-5-4-6-12-17(3,14)15/h7-8,11-12H,4-6H2,1-3H3. The molecule has 17 heavy (non-hydrogen) atoms. The monoisotopic (exact) mass is 277 g/mol. The van der Waals surface area contributed by atoms with Crippen molar-refractivity contribution < 1.29 is 8.42 Å². The van der Waals surface area contributed by atoms with Crippen molar-refractivity contribution in [1.82, 2.24) is 15.0 Å². The van der Waals surface area contributed by atoms with Gasteiger partial charge in [-0.25, -0.2) is 18.1 Å². The summed E-state index contributed by atoms with van der Waals surface area (Å²) in [6, 6.07) is 0.207. The maximum Gasteiger partial charge on any atom is 0.208 e. The van der Waals surface area contributed by atoms with Gasteiger partial charge in [0.2, 0.25) is 10.0 Å². The summed E-state index contributed by atoms with van der Waals surface area (Å²) in [5.41, 5.74) is 1.04. The van der Waals surface area contributed by atoms with Crippen molar-refractivity contribution in [2.24, 2.45) is 0 Å². The number of aromatic nitrogens is 1. The van der Waals surface area contributed by atoms with Crippen LogP contribution in [0.25, 0.3) is 0 Å². The summed E-state index contributed by atoms with van der Waals surface area (Å²) in [7, 11) is -3.06. The fraction of sp³-hybridized carbons (Fsp3) is 0.700. The highest BCUT2D eigenvalue weighted by Crippen LogP contribution is 2.15. The predicted octanol–water partition coefficient (Wildman–Crippen LogP) is 1.04. The molecule has 98 valence electrons. The van der Waals surface area contributed by atoms with Crippen LogP contribution in [0.15, 0.2) is 5.38 Å². The van der Waals surface area contributed by atoms with Crippen LogP contribution in [0.4, 0.5) is 0 Å². The summed E-state index contributed by atoms with van der Waals surface area (Å²) in [5, 5.41) is 6.41. The smallest absolute Gasteiger partial charge is 0.208 e. The first kappa shape index (κ1) is 14.6. The van der Waals surface area contributed by atoms with Gasteiger partial charge in [0, 0.05) is 18.0 Å². The van der Waals surface area contributed by atoms with Crippen LogP contribution in [0.2, 0.25) is 0 Å². The van der Waals surface area contributed by atoms with Crippen LogP contribution in [-0.2, 0) is 10.0 Å². The fourth-order valence-corrected chi connectivity index (χ4v) is 2.57. The van der Waals surface area contributed by atoms with Gasteiger partial charge >= 0.3 is 0 Å². The third-order valence-electron chi connectivity index (χ3n) is 2.25. The molecule has 2 N–H and O–H groups in total. The number of thiazole rings is 1. The highest BCUT2D eigenvalue weighted by Gasteiger charge is 2.07. The zero-order valence-corrected chi connectivity index (χ0v) is 12.0. The molecule has 0 amide bonds. The second-order valence-corrected chi connectivity index (χ2v) is 6.88. The van der Waals surface area contributed by atoms with Gasteiger partial charge in [-0.15, -0.1) is 11.3 Å². The first-order valence-corrected chi connectivity index (χ1v) is 8.25. The molecule has 1 unspecified atom stereocenters. The maximum absolute atomic E-state index is 10.8. The Hall–Kier alpha value is -0.500. The first-order valence-electron chi connectivity index (χ1n) is 5.48. The van der Waals surface area contributed by atoms with E-state index < -0.39 is 10.0 Å². The Balaban J connectivity index is 2.19. The van der Waals surface area contributed by atoms with Crippen LogP contribution in [0.1, 0.15) is 30.1 Å². The highest BCUT2D eigenvalue weighted by molar-refractivity contribution is 7.88. The summed E-state index contributed by atoms with van der Waals surface area (Å²) >= 11 is 1.64. The van der Waals surface area contributed by atoms with Gasteiger partial charge in [-0.2, -0.15) is 0 Å². The van der Waals surface area contributed by atoms with Crippen LogP contribution in [0.3, 0.4) is 0 Å². The first-order chi connectivity index (χ1) is 7.88. The minimum absolute atomic E-state index is 0.207. The maximum atomic E-state index is 10.8. The Kier molecular flexibility index (Phi) is 5.51. The molecule has 0 bridgehead atoms. The van der Waals surface area contributed by atoms with Crippen molar-refractivity contribution in [2.45, 2.75) is 26.3 Å². The summed E-state index contributed by atoms with van der Waals surface area (Å²) in [5.74, 6) is 0. The minimum atomic E-state index is -3.06. The SMILES string of the molecule is Cc1nc(C(C)NCCCNS(C)(=O)=O)cs1. The van der Waals surface area contributed by atoms with E-state index in [4.69, 9.17) is 0 Å². The largest absolute Gasteiger partial charge is 0.309 e. The molecular weight excluding hydrogens is 258 g/mol. The average Bonchev–Trinajstić information content (AvgIpc) is 2.62. The van der Waals surface area contributed by atoms with Crippen LogP contribution in [0, 0.1) is 6.92 Å². The number of aryl methyl sites for hydroxylation is 1. The van der Waals surface area contributed by atoms with Gasteiger partial charge in [-0.1, -0.05) is 0 Å². The molecule has 1 heterocycles. The van der Waals surface area contributed by atoms with E-state index in [0.717, 1.165) is 23.7 Å². The van der Waals surface area contributed by atoms with E-state index in [0.29, 0.717) is 6.54 Å². The van der Waals surface area contributed by atoms with Gasteiger partial charge in [0.1, 0.15) is 0 Å². The van der Waals surface area contributed by atoms with Gasteiger partial charge in [-0.05, 0) is 26.8 Å². The zero-order chi connectivity index (χ0) is 12.9. The Bertz CT molecular complexity index is 442. The molecule has 7 heteroatoms. The Morgan fingerprint density at radius 1 is 1.47 bits per heavy atom. The van der Waals surface area contributed by atoms with Crippen molar-refractivity contribution in [2.75, 3.05) is 19.3 Å². The van der Waals surface area contributed by atoms with Gasteiger partial charge in [0.25, 0.3) is 0 Å². The second-order valence-electron chi connectivity index (χ2n) is 3.99. The number of nitrogens with zero attached hydrogens (tertiary/aromatic N) is 1. The molecule has 1 aromatic heterocycles. The normalized spacial score (nSPS) is 13.8. The molecule has 0 aromatic carbocycles. The van der Waals surface area contributed by atoms with Crippen LogP contribution in [0.5, 0.6) is 0 Å². The fourth-order valence-electron chi connectivity index (χ4n) is 1.35. The molecular formula is C10H19N3O2S2. The van der Waals surface area contributed by atoms with Crippen molar-refractivity contribution in [1.29, 1.82) is 0 Å². The molecule has 0 saturated carbocycles. The topological polar surface area (TPSA) is 71.1 Å². The third-order valence-corrected chi connectivity index (χ3v) is 3.77. The van der Waals surface area contributed by atoms with Crippen LogP contribution >= 0.6 is 11.3 Å². The predicted molar refractivity (Wildman–Crippen MR) is 70.7 cm³/mol. The number of hydrogen-bond acceptors (Lipinski definition) is 5. The molecule has 1 aromatic rings. The third kappa shape index (κ3) is 6.11. The number of nitrogens with one attached hydrogen (secondary N) is 2. The lowest BCUT2D eigenvalue weighted by atomic mass is 10.2. The molecule has 0 radical (unpaired) electrons. The van der Waals surface area contributed by atoms with E-state index in [-0.39, 0.29) is 6.04 Å². The molecule has 1 rings (SSSR count). The lowest BCUT2D eigenvalue weighted by molar-refractivity contribution is 0.541. The molecule has 0 fully saturated rings. The van der Waals surface area contributed by atoms with E-state index in [2.05, 4.69) is 21.9 Å². The molecule has 0 spiro atoms. The Morgan fingerprint density at radius 3 is 2.71 bits per heavy atom. The molecule has 0 aliphatic rings. The highest BCUT2D eigenvalue weighted by atomic mass is 32.2. The summed E-state index contributed by atoms with van der Waals surface area (Å²) < 4.78 is 24.1. The van der Waals surface area contributed by atoms with Gasteiger partial charge in [-0.3, -0.25) is 0 Å². The zero-order valence-electron chi connectivity index (χ0n) is 10.4. The number of rotatable bonds is 7. The van der Waals surface area contributed by atoms with Crippen molar-refractivity contribution in [3.05, 3.63) is 16.1 Å². The molecule has 0 saturated heterocycles. The van der Waals surface area contributed by atoms with E-state index in [1.807, 2.05) is 12.3 Å². The van der Waals surface area contributed by atoms with E-state index in [9.17, 15) is 8.42 Å². The van der Waals surface area contributed by atoms with Crippen molar-refractivity contribution in [3.63, 3.8) is 0 Å². The van der Waals surface area contributed by atoms with Gasteiger partial charge in [0.05, 0.1) is 17.0 Å². The summed E-state index contributed by atoms with van der Waals surface area (Å²) in [6.07, 6.45) is 1.93. The number of hydrogen-bond donors (Lipinski definition) is 2. The van der Waals surface area contributed by atoms with Gasteiger partial charge < -0.3 is 5.32 Å². The minimum Gasteiger partial charge on any atom is -0.309 e. The lowest BCUT2D eigenvalue weighted by Gasteiger charge is -2.11. The number of sulfonamides is 1. The molecule has 0 aliphatic heterocycles. The van der Waals surface area contributed by atoms with E-state index >= 15 is 0 Å². The van der Waals surface area contributed by atoms with Crippen LogP contribution in [-0.4, -0.2) is 32.7 Å². The lowest BCUT2D eigenvalue weighted by Crippen LogP contribution is -2.27. The summed E-state index contributed by atoms with van der Waals surface area (Å²) in [4.78, 5) is 4.39. The second kappa shape index (κ2) is 6.44. The summed E-state index contributed by atoms with van der Waals surface area (Å²) in [6.45, 7) is 5.27. The molecule has 1 atom stereocenters. The molecule has 0 aliphatic carbocycles. The molecule has 5 nitrogen and oxygen atoms in total. The quantitative estimate of drug-likeness (QED) is 0.731. The van der Waals surface area contributed by atoms with E-state index in [1.165, 1.54) is 6.26 Å².